The van der Waals surface area contributed by atoms with Crippen molar-refractivity contribution in [2.75, 3.05) is 6.61 Å². The van der Waals surface area contributed by atoms with E-state index in [0.29, 0.717) is 12.0 Å². The zero-order valence-corrected chi connectivity index (χ0v) is 16.5. The van der Waals surface area contributed by atoms with Crippen LogP contribution in [0.2, 0.25) is 0 Å². The van der Waals surface area contributed by atoms with Crippen molar-refractivity contribution < 1.29 is 19.8 Å². The van der Waals surface area contributed by atoms with E-state index in [1.807, 2.05) is 44.2 Å². The Morgan fingerprint density at radius 1 is 1.17 bits per heavy atom. The Morgan fingerprint density at radius 3 is 2.55 bits per heavy atom. The van der Waals surface area contributed by atoms with Gasteiger partial charge >= 0.3 is 5.97 Å². The predicted octanol–water partition coefficient (Wildman–Crippen LogP) is 2.60. The fourth-order valence-corrected chi connectivity index (χ4v) is 3.50. The second kappa shape index (κ2) is 8.87. The number of H-pyrrole nitrogens is 1. The van der Waals surface area contributed by atoms with Gasteiger partial charge in [-0.2, -0.15) is 0 Å². The van der Waals surface area contributed by atoms with E-state index in [-0.39, 0.29) is 12.3 Å². The van der Waals surface area contributed by atoms with Crippen LogP contribution in [-0.2, 0) is 11.2 Å². The Labute approximate surface area is 168 Å². The molecular weight excluding hydrogens is 370 g/mol. The van der Waals surface area contributed by atoms with Crippen LogP contribution in [0.3, 0.4) is 0 Å². The van der Waals surface area contributed by atoms with Crippen molar-refractivity contribution in [1.82, 2.24) is 15.3 Å². The first-order chi connectivity index (χ1) is 13.9. The van der Waals surface area contributed by atoms with Gasteiger partial charge in [-0.1, -0.05) is 30.3 Å². The van der Waals surface area contributed by atoms with Crippen LogP contribution >= 0.6 is 0 Å². The molecule has 29 heavy (non-hydrogen) atoms. The van der Waals surface area contributed by atoms with Crippen molar-refractivity contribution >= 4 is 22.9 Å². The highest BCUT2D eigenvalue weighted by Crippen LogP contribution is 2.19. The van der Waals surface area contributed by atoms with Crippen molar-refractivity contribution in [3.8, 4) is 0 Å². The van der Waals surface area contributed by atoms with E-state index in [0.717, 1.165) is 28.0 Å². The van der Waals surface area contributed by atoms with Crippen LogP contribution in [0.1, 0.15) is 33.7 Å². The second-order valence-corrected chi connectivity index (χ2v) is 7.33. The standard InChI is InChI=1S/C22H25N3O4/c1-13-8-16(11-19-20(13)24-14(2)23-19)21(27)25-18(10-17(12-26)22(28)29)9-15-6-4-3-5-7-15/h3-8,11,17-18,26H,9-10,12H2,1-2H3,(H,23,24)(H,25,27)(H,28,29). The average Bonchev–Trinajstić information content (AvgIpc) is 3.07. The number of rotatable bonds is 8. The first-order valence-electron chi connectivity index (χ1n) is 9.52. The normalized spacial score (nSPS) is 13.2. The summed E-state index contributed by atoms with van der Waals surface area (Å²) in [7, 11) is 0. The fraction of sp³-hybridized carbons (Fsp3) is 0.318. The summed E-state index contributed by atoms with van der Waals surface area (Å²) in [5.74, 6) is -1.53. The van der Waals surface area contributed by atoms with Crippen LogP contribution in [0.4, 0.5) is 0 Å². The number of benzene rings is 2. The molecule has 7 heteroatoms. The average molecular weight is 395 g/mol. The van der Waals surface area contributed by atoms with Crippen LogP contribution in [0.25, 0.3) is 11.0 Å². The van der Waals surface area contributed by atoms with Gasteiger partial charge in [0.25, 0.3) is 5.91 Å². The van der Waals surface area contributed by atoms with Gasteiger partial charge in [0, 0.05) is 11.6 Å². The molecule has 0 aliphatic rings. The fourth-order valence-electron chi connectivity index (χ4n) is 3.50. The summed E-state index contributed by atoms with van der Waals surface area (Å²) >= 11 is 0. The number of imidazole rings is 1. The van der Waals surface area contributed by atoms with E-state index in [9.17, 15) is 19.8 Å². The summed E-state index contributed by atoms with van der Waals surface area (Å²) in [6.07, 6.45) is 0.609. The van der Waals surface area contributed by atoms with Gasteiger partial charge in [-0.05, 0) is 49.9 Å². The smallest absolute Gasteiger partial charge is 0.308 e. The molecule has 1 heterocycles. The van der Waals surface area contributed by atoms with E-state index in [1.54, 1.807) is 12.1 Å². The first kappa shape index (κ1) is 20.5. The maximum Gasteiger partial charge on any atom is 0.308 e. The Bertz CT molecular complexity index is 1010. The third kappa shape index (κ3) is 5.00. The number of carbonyl (C=O) groups is 2. The third-order valence-corrected chi connectivity index (χ3v) is 4.96. The van der Waals surface area contributed by atoms with Crippen LogP contribution < -0.4 is 5.32 Å². The molecule has 2 atom stereocenters. The van der Waals surface area contributed by atoms with Crippen molar-refractivity contribution in [2.24, 2.45) is 5.92 Å². The molecule has 1 aromatic heterocycles. The molecule has 3 rings (SSSR count). The zero-order valence-electron chi connectivity index (χ0n) is 16.5. The lowest BCUT2D eigenvalue weighted by Gasteiger charge is -2.22. The highest BCUT2D eigenvalue weighted by Gasteiger charge is 2.24. The summed E-state index contributed by atoms with van der Waals surface area (Å²) in [5.41, 5.74) is 3.95. The number of fused-ring (bicyclic) bond motifs is 1. The Balaban J connectivity index is 1.83. The first-order valence-corrected chi connectivity index (χ1v) is 9.52. The minimum Gasteiger partial charge on any atom is -0.481 e. The number of aromatic nitrogens is 2. The van der Waals surface area contributed by atoms with E-state index < -0.39 is 24.5 Å². The molecule has 152 valence electrons. The monoisotopic (exact) mass is 395 g/mol. The summed E-state index contributed by atoms with van der Waals surface area (Å²) in [4.78, 5) is 31.9. The number of aromatic amines is 1. The summed E-state index contributed by atoms with van der Waals surface area (Å²) in [6, 6.07) is 12.6. The van der Waals surface area contributed by atoms with Crippen LogP contribution in [-0.4, -0.2) is 44.7 Å². The number of aryl methyl sites for hydroxylation is 2. The van der Waals surface area contributed by atoms with Crippen molar-refractivity contribution in [1.29, 1.82) is 0 Å². The van der Waals surface area contributed by atoms with E-state index in [2.05, 4.69) is 15.3 Å². The maximum absolute atomic E-state index is 12.9. The van der Waals surface area contributed by atoms with Gasteiger partial charge in [0.1, 0.15) is 5.82 Å². The summed E-state index contributed by atoms with van der Waals surface area (Å²) < 4.78 is 0. The molecule has 0 aliphatic carbocycles. The molecule has 4 N–H and O–H groups in total. The lowest BCUT2D eigenvalue weighted by atomic mass is 9.95. The molecule has 0 saturated heterocycles. The zero-order chi connectivity index (χ0) is 21.0. The Hall–Kier alpha value is -3.19. The summed E-state index contributed by atoms with van der Waals surface area (Å²) in [6.45, 7) is 3.28. The Morgan fingerprint density at radius 2 is 1.90 bits per heavy atom. The number of carbonyl (C=O) groups excluding carboxylic acids is 1. The van der Waals surface area contributed by atoms with Gasteiger partial charge in [-0.3, -0.25) is 9.59 Å². The molecule has 7 nitrogen and oxygen atoms in total. The molecule has 3 aromatic rings. The number of carboxylic acid groups (broad SMARTS) is 1. The van der Waals surface area contributed by atoms with Crippen molar-refractivity contribution in [3.63, 3.8) is 0 Å². The number of nitrogens with zero attached hydrogens (tertiary/aromatic N) is 1. The van der Waals surface area contributed by atoms with Gasteiger partial charge in [0.2, 0.25) is 0 Å². The van der Waals surface area contributed by atoms with Crippen LogP contribution in [0.15, 0.2) is 42.5 Å². The molecular formula is C22H25N3O4. The lowest BCUT2D eigenvalue weighted by molar-refractivity contribution is -0.143. The molecule has 2 unspecified atom stereocenters. The van der Waals surface area contributed by atoms with E-state index in [4.69, 9.17) is 0 Å². The van der Waals surface area contributed by atoms with Crippen LogP contribution in [0, 0.1) is 19.8 Å². The molecule has 0 radical (unpaired) electrons. The molecule has 0 fully saturated rings. The number of aliphatic carboxylic acids is 1. The number of hydrogen-bond donors (Lipinski definition) is 4. The molecule has 0 bridgehead atoms. The molecule has 2 aromatic carbocycles. The molecule has 0 aliphatic heterocycles. The van der Waals surface area contributed by atoms with Gasteiger partial charge in [-0.25, -0.2) is 4.98 Å². The SMILES string of the molecule is Cc1nc2c(C)cc(C(=O)NC(Cc3ccccc3)CC(CO)C(=O)O)cc2[nH]1. The molecule has 1 amide bonds. The topological polar surface area (TPSA) is 115 Å². The highest BCUT2D eigenvalue weighted by molar-refractivity contribution is 5.98. The number of aliphatic hydroxyl groups is 1. The second-order valence-electron chi connectivity index (χ2n) is 7.33. The number of hydrogen-bond acceptors (Lipinski definition) is 4. The molecule has 0 saturated carbocycles. The van der Waals surface area contributed by atoms with Gasteiger partial charge in [0.15, 0.2) is 0 Å². The lowest BCUT2D eigenvalue weighted by Crippen LogP contribution is -2.39. The minimum absolute atomic E-state index is 0.136. The number of nitrogens with one attached hydrogen (secondary N) is 2. The largest absolute Gasteiger partial charge is 0.481 e. The van der Waals surface area contributed by atoms with Crippen molar-refractivity contribution in [2.45, 2.75) is 32.7 Å². The number of aliphatic hydroxyl groups excluding tert-OH is 1. The van der Waals surface area contributed by atoms with Crippen molar-refractivity contribution in [3.05, 3.63) is 65.0 Å². The highest BCUT2D eigenvalue weighted by atomic mass is 16.4. The Kier molecular flexibility index (Phi) is 6.29. The summed E-state index contributed by atoms with van der Waals surface area (Å²) in [5, 5.41) is 21.7. The predicted molar refractivity (Wildman–Crippen MR) is 110 cm³/mol. The third-order valence-electron chi connectivity index (χ3n) is 4.96. The maximum atomic E-state index is 12.9. The van der Waals surface area contributed by atoms with Crippen LogP contribution in [0.5, 0.6) is 0 Å². The minimum atomic E-state index is -1.08. The molecule has 0 spiro atoms. The van der Waals surface area contributed by atoms with E-state index >= 15 is 0 Å². The van der Waals surface area contributed by atoms with Gasteiger partial charge < -0.3 is 20.5 Å². The quantitative estimate of drug-likeness (QED) is 0.468. The number of amides is 1. The number of carboxylic acids is 1. The van der Waals surface area contributed by atoms with Gasteiger partial charge in [-0.15, -0.1) is 0 Å². The van der Waals surface area contributed by atoms with Gasteiger partial charge in [0.05, 0.1) is 23.6 Å². The van der Waals surface area contributed by atoms with E-state index in [1.165, 1.54) is 0 Å².